The van der Waals surface area contributed by atoms with Crippen molar-refractivity contribution in [3.8, 4) is 0 Å². The van der Waals surface area contributed by atoms with Crippen molar-refractivity contribution in [1.29, 1.82) is 0 Å². The zero-order chi connectivity index (χ0) is 12.5. The molecule has 3 rings (SSSR count). The lowest BCUT2D eigenvalue weighted by molar-refractivity contribution is 1.09. The van der Waals surface area contributed by atoms with Crippen molar-refractivity contribution in [2.24, 2.45) is 0 Å². The zero-order valence-electron chi connectivity index (χ0n) is 10.4. The molecule has 0 aliphatic heterocycles. The van der Waals surface area contributed by atoms with Crippen LogP contribution in [0.4, 0.5) is 5.13 Å². The Balaban J connectivity index is 1.98. The van der Waals surface area contributed by atoms with Gasteiger partial charge in [0.2, 0.25) is 0 Å². The Morgan fingerprint density at radius 1 is 1.33 bits per heavy atom. The van der Waals surface area contributed by atoms with E-state index in [0.717, 1.165) is 17.2 Å². The van der Waals surface area contributed by atoms with Gasteiger partial charge in [-0.05, 0) is 18.6 Å². The fraction of sp³-hybridized carbons (Fsp3) is 0.214. The van der Waals surface area contributed by atoms with Gasteiger partial charge >= 0.3 is 0 Å². The Morgan fingerprint density at radius 3 is 2.94 bits per heavy atom. The number of benzene rings is 1. The van der Waals surface area contributed by atoms with E-state index in [1.165, 1.54) is 21.3 Å². The topological polar surface area (TPSA) is 40.7 Å². The monoisotopic (exact) mass is 257 g/mol. The molecule has 4 heteroatoms. The number of fused-ring (bicyclic) bond motifs is 1. The van der Waals surface area contributed by atoms with Crippen molar-refractivity contribution in [3.05, 3.63) is 46.6 Å². The minimum atomic E-state index is 0.883. The van der Waals surface area contributed by atoms with Crippen LogP contribution in [0, 0.1) is 6.92 Å². The highest BCUT2D eigenvalue weighted by atomic mass is 32.1. The van der Waals surface area contributed by atoms with Crippen LogP contribution in [0.15, 0.2) is 30.5 Å². The Kier molecular flexibility index (Phi) is 2.80. The summed E-state index contributed by atoms with van der Waals surface area (Å²) in [6.45, 7) is 2.13. The average molecular weight is 257 g/mol. The Hall–Kier alpha value is -1.81. The summed E-state index contributed by atoms with van der Waals surface area (Å²) in [7, 11) is 1.91. The minimum Gasteiger partial charge on any atom is -0.365 e. The van der Waals surface area contributed by atoms with Crippen LogP contribution in [0.3, 0.4) is 0 Å². The number of nitrogens with one attached hydrogen (secondary N) is 2. The summed E-state index contributed by atoms with van der Waals surface area (Å²) in [5, 5.41) is 5.38. The summed E-state index contributed by atoms with van der Waals surface area (Å²) in [6.07, 6.45) is 2.97. The number of aromatic nitrogens is 2. The highest BCUT2D eigenvalue weighted by molar-refractivity contribution is 7.15. The van der Waals surface area contributed by atoms with Gasteiger partial charge in [-0.1, -0.05) is 18.2 Å². The molecule has 2 aromatic heterocycles. The van der Waals surface area contributed by atoms with Crippen LogP contribution < -0.4 is 5.32 Å². The molecule has 0 aliphatic carbocycles. The lowest BCUT2D eigenvalue weighted by Gasteiger charge is -1.97. The first-order valence-electron chi connectivity index (χ1n) is 5.97. The van der Waals surface area contributed by atoms with E-state index in [0.29, 0.717) is 0 Å². The number of thiazole rings is 1. The summed E-state index contributed by atoms with van der Waals surface area (Å²) < 4.78 is 0. The second-order valence-electron chi connectivity index (χ2n) is 4.31. The lowest BCUT2D eigenvalue weighted by Crippen LogP contribution is -1.91. The third-order valence-corrected chi connectivity index (χ3v) is 4.17. The highest BCUT2D eigenvalue weighted by Crippen LogP contribution is 2.26. The molecule has 0 saturated heterocycles. The van der Waals surface area contributed by atoms with E-state index in [2.05, 4.69) is 52.7 Å². The van der Waals surface area contributed by atoms with Crippen LogP contribution in [-0.4, -0.2) is 17.0 Å². The van der Waals surface area contributed by atoms with Crippen LogP contribution in [0.2, 0.25) is 0 Å². The van der Waals surface area contributed by atoms with Crippen molar-refractivity contribution in [1.82, 2.24) is 9.97 Å². The van der Waals surface area contributed by atoms with Crippen molar-refractivity contribution >= 4 is 27.4 Å². The summed E-state index contributed by atoms with van der Waals surface area (Å²) in [5.74, 6) is 0. The quantitative estimate of drug-likeness (QED) is 0.753. The van der Waals surface area contributed by atoms with E-state index in [-0.39, 0.29) is 0 Å². The maximum absolute atomic E-state index is 4.60. The maximum Gasteiger partial charge on any atom is 0.182 e. The number of H-pyrrole nitrogens is 1. The summed E-state index contributed by atoms with van der Waals surface area (Å²) in [6, 6.07) is 8.38. The fourth-order valence-corrected chi connectivity index (χ4v) is 2.94. The maximum atomic E-state index is 4.60. The molecule has 0 unspecified atom stereocenters. The van der Waals surface area contributed by atoms with Crippen LogP contribution >= 0.6 is 11.3 Å². The molecule has 0 saturated carbocycles. The predicted molar refractivity (Wildman–Crippen MR) is 77.5 cm³/mol. The molecular formula is C14H15N3S. The summed E-state index contributed by atoms with van der Waals surface area (Å²) in [4.78, 5) is 9.19. The number of aromatic amines is 1. The largest absolute Gasteiger partial charge is 0.365 e. The van der Waals surface area contributed by atoms with Crippen LogP contribution in [-0.2, 0) is 6.42 Å². The van der Waals surface area contributed by atoms with Gasteiger partial charge in [-0.2, -0.15) is 0 Å². The second-order valence-corrected chi connectivity index (χ2v) is 5.51. The number of hydrogen-bond donors (Lipinski definition) is 2. The molecule has 0 atom stereocenters. The predicted octanol–water partition coefficient (Wildman–Crippen LogP) is 3.57. The molecule has 0 bridgehead atoms. The number of hydrogen-bond acceptors (Lipinski definition) is 3. The standard InChI is InChI=1S/C14H15N3S/c1-9-13(17-14(15-2)18-9)7-10-8-16-12-6-4-3-5-11(10)12/h3-6,8,16H,7H2,1-2H3,(H,15,17). The van der Waals surface area contributed by atoms with Gasteiger partial charge in [0.25, 0.3) is 0 Å². The summed E-state index contributed by atoms with van der Waals surface area (Å²) in [5.41, 5.74) is 3.66. The Morgan fingerprint density at radius 2 is 2.17 bits per heavy atom. The number of nitrogens with zero attached hydrogens (tertiary/aromatic N) is 1. The average Bonchev–Trinajstić information content (AvgIpc) is 2.95. The van der Waals surface area contributed by atoms with Crippen molar-refractivity contribution in [2.45, 2.75) is 13.3 Å². The molecule has 0 aliphatic rings. The van der Waals surface area contributed by atoms with E-state index < -0.39 is 0 Å². The third-order valence-electron chi connectivity index (χ3n) is 3.14. The van der Waals surface area contributed by atoms with Crippen molar-refractivity contribution in [2.75, 3.05) is 12.4 Å². The first-order chi connectivity index (χ1) is 8.78. The molecule has 92 valence electrons. The van der Waals surface area contributed by atoms with Crippen molar-refractivity contribution < 1.29 is 0 Å². The third kappa shape index (κ3) is 1.88. The van der Waals surface area contributed by atoms with Gasteiger partial charge in [-0.3, -0.25) is 0 Å². The van der Waals surface area contributed by atoms with E-state index in [4.69, 9.17) is 0 Å². The lowest BCUT2D eigenvalue weighted by atomic mass is 10.1. The zero-order valence-corrected chi connectivity index (χ0v) is 11.3. The minimum absolute atomic E-state index is 0.883. The van der Waals surface area contributed by atoms with Gasteiger partial charge < -0.3 is 10.3 Å². The molecule has 0 radical (unpaired) electrons. The van der Waals surface area contributed by atoms with Gasteiger partial charge in [0.1, 0.15) is 0 Å². The molecule has 2 heterocycles. The van der Waals surface area contributed by atoms with Gasteiger partial charge in [0.15, 0.2) is 5.13 Å². The van der Waals surface area contributed by atoms with Crippen molar-refractivity contribution in [3.63, 3.8) is 0 Å². The summed E-state index contributed by atoms with van der Waals surface area (Å²) >= 11 is 1.71. The molecule has 2 N–H and O–H groups in total. The molecule has 3 nitrogen and oxygen atoms in total. The van der Waals surface area contributed by atoms with Gasteiger partial charge in [-0.25, -0.2) is 4.98 Å². The molecule has 0 fully saturated rings. The number of aryl methyl sites for hydroxylation is 1. The number of anilines is 1. The molecule has 0 spiro atoms. The molecule has 3 aromatic rings. The SMILES string of the molecule is CNc1nc(Cc2c[nH]c3ccccc23)c(C)s1. The molecule has 1 aromatic carbocycles. The normalized spacial score (nSPS) is 11.0. The first-order valence-corrected chi connectivity index (χ1v) is 6.78. The fourth-order valence-electron chi connectivity index (χ4n) is 2.16. The number of rotatable bonds is 3. The van der Waals surface area contributed by atoms with Gasteiger partial charge in [0.05, 0.1) is 5.69 Å². The van der Waals surface area contributed by atoms with Gasteiger partial charge in [0, 0.05) is 35.4 Å². The van der Waals surface area contributed by atoms with E-state index in [1.807, 2.05) is 7.05 Å². The van der Waals surface area contributed by atoms with Crippen LogP contribution in [0.25, 0.3) is 10.9 Å². The van der Waals surface area contributed by atoms with E-state index in [9.17, 15) is 0 Å². The Labute approximate surface area is 110 Å². The highest BCUT2D eigenvalue weighted by Gasteiger charge is 2.10. The molecular weight excluding hydrogens is 242 g/mol. The smallest absolute Gasteiger partial charge is 0.182 e. The van der Waals surface area contributed by atoms with E-state index >= 15 is 0 Å². The van der Waals surface area contributed by atoms with Gasteiger partial charge in [-0.15, -0.1) is 11.3 Å². The van der Waals surface area contributed by atoms with Crippen LogP contribution in [0.5, 0.6) is 0 Å². The van der Waals surface area contributed by atoms with E-state index in [1.54, 1.807) is 11.3 Å². The Bertz CT molecular complexity index is 681. The second kappa shape index (κ2) is 4.46. The first kappa shape index (κ1) is 11.3. The number of para-hydroxylation sites is 1. The molecule has 18 heavy (non-hydrogen) atoms. The van der Waals surface area contributed by atoms with Crippen LogP contribution in [0.1, 0.15) is 16.1 Å². The molecule has 0 amide bonds.